The number of quaternary nitrogens is 1. The van der Waals surface area contributed by atoms with Crippen molar-refractivity contribution in [3.05, 3.63) is 29.8 Å². The van der Waals surface area contributed by atoms with Crippen LogP contribution in [-0.2, 0) is 14.4 Å². The van der Waals surface area contributed by atoms with Crippen LogP contribution in [0.5, 0.6) is 5.75 Å². The first kappa shape index (κ1) is 17.6. The van der Waals surface area contributed by atoms with Gasteiger partial charge < -0.3 is 31.0 Å². The Labute approximate surface area is 148 Å². The highest BCUT2D eigenvalue weighted by atomic mass is 32.2. The second-order valence-electron chi connectivity index (χ2n) is 6.71. The minimum atomic E-state index is -1.29. The maximum atomic E-state index is 12.4. The van der Waals surface area contributed by atoms with Crippen LogP contribution in [0.4, 0.5) is 0 Å². The number of carboxylic acid groups (broad SMARTS) is 1. The number of carboxylic acids is 1. The molecule has 2 fully saturated rings. The Morgan fingerprint density at radius 1 is 1.36 bits per heavy atom. The molecule has 0 saturated carbocycles. The van der Waals surface area contributed by atoms with Crippen LogP contribution in [-0.4, -0.2) is 50.0 Å². The SMILES string of the molecule is CC1(C)S[C@@H]2[C@H](NC(=O)[C@@H]([NH3+])c3ccc(O)cc3)C(=O)N2[C@@H]1C(=O)[O-]. The molecule has 2 aliphatic heterocycles. The molecular formula is C16H19N3O5S. The zero-order chi connectivity index (χ0) is 18.5. The van der Waals surface area contributed by atoms with Gasteiger partial charge >= 0.3 is 0 Å². The van der Waals surface area contributed by atoms with Gasteiger partial charge in [0.15, 0.2) is 6.04 Å². The topological polar surface area (TPSA) is 137 Å². The van der Waals surface area contributed by atoms with Crippen molar-refractivity contribution in [2.75, 3.05) is 0 Å². The van der Waals surface area contributed by atoms with Crippen molar-refractivity contribution in [1.82, 2.24) is 10.2 Å². The lowest BCUT2D eigenvalue weighted by atomic mass is 9.95. The number of β-lactam (4-membered cyclic amide) rings is 1. The summed E-state index contributed by atoms with van der Waals surface area (Å²) in [5, 5.41) is 22.9. The smallest absolute Gasteiger partial charge is 0.283 e. The molecule has 1 aromatic rings. The molecular weight excluding hydrogens is 346 g/mol. The summed E-state index contributed by atoms with van der Waals surface area (Å²) in [4.78, 5) is 37.4. The number of nitrogens with zero attached hydrogens (tertiary/aromatic N) is 1. The van der Waals surface area contributed by atoms with Crippen LogP contribution in [0.3, 0.4) is 0 Å². The van der Waals surface area contributed by atoms with Gasteiger partial charge in [-0.1, -0.05) is 0 Å². The molecule has 2 saturated heterocycles. The van der Waals surface area contributed by atoms with Crippen LogP contribution in [0.25, 0.3) is 0 Å². The Hall–Kier alpha value is -2.26. The third-order valence-electron chi connectivity index (χ3n) is 4.57. The number of hydrogen-bond donors (Lipinski definition) is 3. The summed E-state index contributed by atoms with van der Waals surface area (Å²) in [6, 6.07) is 3.53. The van der Waals surface area contributed by atoms with E-state index in [4.69, 9.17) is 0 Å². The second kappa shape index (κ2) is 5.92. The van der Waals surface area contributed by atoms with Gasteiger partial charge in [-0.15, -0.1) is 11.8 Å². The Morgan fingerprint density at radius 2 is 1.96 bits per heavy atom. The van der Waals surface area contributed by atoms with E-state index < -0.39 is 46.0 Å². The van der Waals surface area contributed by atoms with Crippen LogP contribution >= 0.6 is 11.8 Å². The first-order valence-corrected chi connectivity index (χ1v) is 8.64. The van der Waals surface area contributed by atoms with Gasteiger partial charge in [-0.25, -0.2) is 0 Å². The number of carbonyl (C=O) groups excluding carboxylic acids is 3. The second-order valence-corrected chi connectivity index (χ2v) is 8.48. The number of amides is 2. The summed E-state index contributed by atoms with van der Waals surface area (Å²) in [5.74, 6) is -2.07. The Kier molecular flexibility index (Phi) is 4.16. The summed E-state index contributed by atoms with van der Waals surface area (Å²) < 4.78 is -0.695. The Morgan fingerprint density at radius 3 is 2.52 bits per heavy atom. The number of aromatic hydroxyl groups is 1. The van der Waals surface area contributed by atoms with E-state index in [1.165, 1.54) is 28.8 Å². The van der Waals surface area contributed by atoms with E-state index in [1.807, 2.05) is 0 Å². The summed E-state index contributed by atoms with van der Waals surface area (Å²) in [6.45, 7) is 3.48. The number of nitrogens with one attached hydrogen (secondary N) is 1. The lowest BCUT2D eigenvalue weighted by Gasteiger charge is -2.45. The van der Waals surface area contributed by atoms with E-state index in [2.05, 4.69) is 11.1 Å². The van der Waals surface area contributed by atoms with Gasteiger partial charge in [0.1, 0.15) is 17.2 Å². The first-order valence-electron chi connectivity index (χ1n) is 7.76. The number of thioether (sulfide) groups is 1. The molecule has 0 radical (unpaired) electrons. The molecule has 1 aromatic carbocycles. The molecule has 3 rings (SSSR count). The molecule has 5 N–H and O–H groups in total. The molecule has 0 unspecified atom stereocenters. The predicted molar refractivity (Wildman–Crippen MR) is 86.8 cm³/mol. The molecule has 2 amide bonds. The van der Waals surface area contributed by atoms with E-state index in [9.17, 15) is 24.6 Å². The van der Waals surface area contributed by atoms with E-state index in [0.717, 1.165) is 0 Å². The predicted octanol–water partition coefficient (Wildman–Crippen LogP) is -2.03. The maximum absolute atomic E-state index is 12.4. The van der Waals surface area contributed by atoms with Crippen molar-refractivity contribution in [1.29, 1.82) is 0 Å². The zero-order valence-electron chi connectivity index (χ0n) is 13.8. The lowest BCUT2D eigenvalue weighted by molar-refractivity contribution is -0.409. The summed E-state index contributed by atoms with van der Waals surface area (Å²) >= 11 is 1.33. The minimum Gasteiger partial charge on any atom is -0.548 e. The number of fused-ring (bicyclic) bond motifs is 1. The third-order valence-corrected chi connectivity index (χ3v) is 6.15. The van der Waals surface area contributed by atoms with Crippen LogP contribution in [0.1, 0.15) is 25.5 Å². The lowest BCUT2D eigenvalue weighted by Crippen LogP contribution is -2.73. The summed E-state index contributed by atoms with van der Waals surface area (Å²) in [7, 11) is 0. The van der Waals surface area contributed by atoms with Crippen LogP contribution < -0.4 is 16.2 Å². The van der Waals surface area contributed by atoms with Gasteiger partial charge in [-0.3, -0.25) is 9.59 Å². The van der Waals surface area contributed by atoms with Crippen molar-refractivity contribution >= 4 is 29.5 Å². The summed E-state index contributed by atoms with van der Waals surface area (Å²) in [5.41, 5.74) is 4.40. The minimum absolute atomic E-state index is 0.0825. The third kappa shape index (κ3) is 2.83. The van der Waals surface area contributed by atoms with Crippen LogP contribution in [0.15, 0.2) is 24.3 Å². The quantitative estimate of drug-likeness (QED) is 0.526. The molecule has 0 bridgehead atoms. The van der Waals surface area contributed by atoms with Gasteiger partial charge in [-0.05, 0) is 38.1 Å². The highest BCUT2D eigenvalue weighted by Gasteiger charge is 2.62. The van der Waals surface area contributed by atoms with Gasteiger partial charge in [0.25, 0.3) is 5.91 Å². The van der Waals surface area contributed by atoms with E-state index in [1.54, 1.807) is 26.0 Å². The average Bonchev–Trinajstić information content (AvgIpc) is 2.80. The molecule has 134 valence electrons. The Balaban J connectivity index is 1.70. The normalized spacial score (nSPS) is 28.0. The van der Waals surface area contributed by atoms with Crippen molar-refractivity contribution in [2.24, 2.45) is 0 Å². The number of phenols is 1. The zero-order valence-corrected chi connectivity index (χ0v) is 14.6. The van der Waals surface area contributed by atoms with Crippen LogP contribution in [0, 0.1) is 0 Å². The highest BCUT2D eigenvalue weighted by Crippen LogP contribution is 2.50. The fourth-order valence-electron chi connectivity index (χ4n) is 3.24. The van der Waals surface area contributed by atoms with Gasteiger partial charge in [0.05, 0.1) is 12.0 Å². The van der Waals surface area contributed by atoms with Crippen molar-refractivity contribution in [2.45, 2.75) is 42.1 Å². The molecule has 8 nitrogen and oxygen atoms in total. The first-order chi connectivity index (χ1) is 11.6. The van der Waals surface area contributed by atoms with Gasteiger partial charge in [-0.2, -0.15) is 0 Å². The van der Waals surface area contributed by atoms with E-state index >= 15 is 0 Å². The Bertz CT molecular complexity index is 736. The fourth-order valence-corrected chi connectivity index (χ4v) is 4.86. The molecule has 4 atom stereocenters. The number of rotatable bonds is 4. The molecule has 0 spiro atoms. The number of phenolic OH excluding ortho intramolecular Hbond substituents is 1. The fraction of sp³-hybridized carbons (Fsp3) is 0.438. The van der Waals surface area contributed by atoms with Crippen molar-refractivity contribution in [3.63, 3.8) is 0 Å². The standard InChI is InChI=1S/C16H19N3O5S/c1-16(2)11(15(23)24)19-13(22)10(14(19)25-16)18-12(21)9(17)7-3-5-8(20)6-4-7/h3-6,9-11,14,20H,17H2,1-2H3,(H,18,21)(H,23,24)/t9-,10+,11+,14+/m0/s1. The molecule has 0 aliphatic carbocycles. The monoisotopic (exact) mass is 365 g/mol. The molecule has 9 heteroatoms. The number of hydrogen-bond acceptors (Lipinski definition) is 6. The number of aliphatic carboxylic acids is 1. The van der Waals surface area contributed by atoms with Gasteiger partial charge in [0, 0.05) is 10.3 Å². The number of carbonyl (C=O) groups is 3. The van der Waals surface area contributed by atoms with Gasteiger partial charge in [0.2, 0.25) is 5.91 Å². The highest BCUT2D eigenvalue weighted by molar-refractivity contribution is 8.01. The molecule has 0 aromatic heterocycles. The average molecular weight is 365 g/mol. The molecule has 2 heterocycles. The van der Waals surface area contributed by atoms with Crippen molar-refractivity contribution in [3.8, 4) is 5.75 Å². The molecule has 25 heavy (non-hydrogen) atoms. The number of benzene rings is 1. The van der Waals surface area contributed by atoms with Crippen LogP contribution in [0.2, 0.25) is 0 Å². The molecule has 2 aliphatic rings. The maximum Gasteiger partial charge on any atom is 0.283 e. The van der Waals surface area contributed by atoms with E-state index in [-0.39, 0.29) is 5.75 Å². The summed E-state index contributed by atoms with van der Waals surface area (Å²) in [6.07, 6.45) is 0. The van der Waals surface area contributed by atoms with Crippen molar-refractivity contribution < 1.29 is 30.3 Å². The largest absolute Gasteiger partial charge is 0.548 e. The van der Waals surface area contributed by atoms with E-state index in [0.29, 0.717) is 5.56 Å².